The number of anilines is 2. The maximum absolute atomic E-state index is 15.3. The normalized spacial score (nSPS) is 13.7. The van der Waals surface area contributed by atoms with Gasteiger partial charge in [-0.05, 0) is 80.4 Å². The van der Waals surface area contributed by atoms with Gasteiger partial charge in [-0.1, -0.05) is 42.5 Å². The van der Waals surface area contributed by atoms with Crippen molar-refractivity contribution in [3.63, 3.8) is 0 Å². The average molecular weight is 559 g/mol. The molecule has 2 N–H and O–H groups in total. The van der Waals surface area contributed by atoms with Gasteiger partial charge in [-0.3, -0.25) is 10.00 Å². The highest BCUT2D eigenvalue weighted by atomic mass is 19.1. The van der Waals surface area contributed by atoms with Crippen molar-refractivity contribution in [3.8, 4) is 28.3 Å². The number of aromatic nitrogens is 4. The second-order valence-electron chi connectivity index (χ2n) is 10.8. The van der Waals surface area contributed by atoms with Gasteiger partial charge >= 0.3 is 0 Å². The summed E-state index contributed by atoms with van der Waals surface area (Å²) in [6.07, 6.45) is 4.30. The number of hydrogen-bond acceptors (Lipinski definition) is 6. The van der Waals surface area contributed by atoms with Crippen molar-refractivity contribution in [3.05, 3.63) is 96.4 Å². The molecule has 2 aromatic heterocycles. The van der Waals surface area contributed by atoms with Gasteiger partial charge in [0, 0.05) is 34.1 Å². The topological polar surface area (TPSA) is 79.0 Å². The minimum absolute atomic E-state index is 0.319. The number of likely N-dealkylation sites (tertiary alicyclic amines) is 1. The summed E-state index contributed by atoms with van der Waals surface area (Å²) in [6, 6.07) is 24.7. The number of benzene rings is 4. The van der Waals surface area contributed by atoms with E-state index in [1.54, 1.807) is 12.3 Å². The van der Waals surface area contributed by atoms with Gasteiger partial charge in [-0.2, -0.15) is 5.10 Å². The number of aryl methyl sites for hydroxylation is 1. The fraction of sp³-hybridized carbons (Fsp3) is 0.206. The molecule has 7 nitrogen and oxygen atoms in total. The first-order valence-corrected chi connectivity index (χ1v) is 14.3. The molecule has 4 aromatic carbocycles. The van der Waals surface area contributed by atoms with Gasteiger partial charge in [0.15, 0.2) is 5.82 Å². The van der Waals surface area contributed by atoms with Crippen LogP contribution >= 0.6 is 0 Å². The summed E-state index contributed by atoms with van der Waals surface area (Å²) < 4.78 is 21.6. The monoisotopic (exact) mass is 558 g/mol. The van der Waals surface area contributed by atoms with Crippen LogP contribution in [-0.4, -0.2) is 51.3 Å². The van der Waals surface area contributed by atoms with Crippen LogP contribution in [0.4, 0.5) is 15.9 Å². The third-order valence-electron chi connectivity index (χ3n) is 7.87. The van der Waals surface area contributed by atoms with Crippen LogP contribution in [0.15, 0.2) is 85.1 Å². The van der Waals surface area contributed by atoms with Gasteiger partial charge in [0.1, 0.15) is 24.0 Å². The Kier molecular flexibility index (Phi) is 6.97. The van der Waals surface area contributed by atoms with Crippen molar-refractivity contribution in [2.24, 2.45) is 0 Å². The minimum Gasteiger partial charge on any atom is -0.492 e. The molecule has 6 aromatic rings. The lowest BCUT2D eigenvalue weighted by molar-refractivity contribution is 0.237. The molecule has 1 fully saturated rings. The van der Waals surface area contributed by atoms with Crippen LogP contribution < -0.4 is 10.1 Å². The summed E-state index contributed by atoms with van der Waals surface area (Å²) >= 11 is 0. The van der Waals surface area contributed by atoms with Gasteiger partial charge in [-0.25, -0.2) is 14.4 Å². The number of aromatic amines is 1. The van der Waals surface area contributed by atoms with Crippen molar-refractivity contribution in [1.29, 1.82) is 0 Å². The molecule has 210 valence electrons. The van der Waals surface area contributed by atoms with E-state index in [0.717, 1.165) is 64.0 Å². The van der Waals surface area contributed by atoms with Crippen molar-refractivity contribution in [1.82, 2.24) is 25.1 Å². The smallest absolute Gasteiger partial charge is 0.162 e. The van der Waals surface area contributed by atoms with Crippen molar-refractivity contribution >= 4 is 33.3 Å². The van der Waals surface area contributed by atoms with Crippen molar-refractivity contribution in [2.75, 3.05) is 31.6 Å². The zero-order valence-corrected chi connectivity index (χ0v) is 23.4. The van der Waals surface area contributed by atoms with Crippen LogP contribution in [0, 0.1) is 12.7 Å². The SMILES string of the molecule is Cc1cc2nc(-c3ccc(-c4ccccc4)c(F)c3)nc(Nc3ccc4[nH]ncc4c3)c2cc1OCCN1CCCC1. The third kappa shape index (κ3) is 5.29. The maximum atomic E-state index is 15.3. The maximum Gasteiger partial charge on any atom is 0.162 e. The molecule has 0 bridgehead atoms. The highest BCUT2D eigenvalue weighted by Gasteiger charge is 2.16. The number of rotatable bonds is 8. The van der Waals surface area contributed by atoms with E-state index in [1.165, 1.54) is 18.9 Å². The Labute approximate surface area is 243 Å². The molecule has 42 heavy (non-hydrogen) atoms. The van der Waals surface area contributed by atoms with Gasteiger partial charge in [0.05, 0.1) is 17.2 Å². The molecule has 1 saturated heterocycles. The Bertz CT molecular complexity index is 1880. The highest BCUT2D eigenvalue weighted by Crippen LogP contribution is 2.34. The lowest BCUT2D eigenvalue weighted by Crippen LogP contribution is -2.25. The third-order valence-corrected chi connectivity index (χ3v) is 7.87. The average Bonchev–Trinajstić information content (AvgIpc) is 3.70. The Balaban J connectivity index is 1.27. The molecule has 7 rings (SSSR count). The first kappa shape index (κ1) is 26.1. The highest BCUT2D eigenvalue weighted by molar-refractivity contribution is 5.95. The largest absolute Gasteiger partial charge is 0.492 e. The molecule has 0 atom stereocenters. The number of halogens is 1. The summed E-state index contributed by atoms with van der Waals surface area (Å²) in [5.41, 5.74) is 5.52. The molecule has 0 unspecified atom stereocenters. The molecule has 0 aliphatic carbocycles. The van der Waals surface area contributed by atoms with E-state index in [9.17, 15) is 0 Å². The van der Waals surface area contributed by atoms with Crippen LogP contribution in [0.25, 0.3) is 44.3 Å². The zero-order valence-electron chi connectivity index (χ0n) is 23.4. The number of nitrogens with one attached hydrogen (secondary N) is 2. The molecule has 8 heteroatoms. The fourth-order valence-corrected chi connectivity index (χ4v) is 5.59. The molecule has 0 amide bonds. The quantitative estimate of drug-likeness (QED) is 0.201. The molecule has 0 saturated carbocycles. The number of hydrogen-bond donors (Lipinski definition) is 2. The van der Waals surface area contributed by atoms with Gasteiger partial charge < -0.3 is 10.1 Å². The van der Waals surface area contributed by atoms with E-state index in [0.29, 0.717) is 29.4 Å². The molecular formula is C34H31FN6O. The summed E-state index contributed by atoms with van der Waals surface area (Å²) in [5, 5.41) is 12.4. The molecule has 3 heterocycles. The molecule has 0 radical (unpaired) electrons. The van der Waals surface area contributed by atoms with Gasteiger partial charge in [0.2, 0.25) is 0 Å². The first-order valence-electron chi connectivity index (χ1n) is 14.3. The summed E-state index contributed by atoms with van der Waals surface area (Å²) in [4.78, 5) is 12.2. The van der Waals surface area contributed by atoms with E-state index < -0.39 is 0 Å². The van der Waals surface area contributed by atoms with E-state index in [-0.39, 0.29) is 5.82 Å². The van der Waals surface area contributed by atoms with Crippen molar-refractivity contribution < 1.29 is 9.13 Å². The number of H-pyrrole nitrogens is 1. The van der Waals surface area contributed by atoms with Crippen LogP contribution in [0.5, 0.6) is 5.75 Å². The Hall–Kier alpha value is -4.82. The zero-order chi connectivity index (χ0) is 28.5. The fourth-order valence-electron chi connectivity index (χ4n) is 5.59. The Morgan fingerprint density at radius 1 is 0.929 bits per heavy atom. The van der Waals surface area contributed by atoms with E-state index >= 15 is 4.39 Å². The Morgan fingerprint density at radius 2 is 1.79 bits per heavy atom. The molecule has 0 spiro atoms. The number of fused-ring (bicyclic) bond motifs is 2. The van der Waals surface area contributed by atoms with Gasteiger partial charge in [0.25, 0.3) is 0 Å². The lowest BCUT2D eigenvalue weighted by Gasteiger charge is -2.17. The Morgan fingerprint density at radius 3 is 2.62 bits per heavy atom. The van der Waals surface area contributed by atoms with Crippen LogP contribution in [0.1, 0.15) is 18.4 Å². The predicted molar refractivity (Wildman–Crippen MR) is 166 cm³/mol. The van der Waals surface area contributed by atoms with Crippen LogP contribution in [0.3, 0.4) is 0 Å². The van der Waals surface area contributed by atoms with Crippen LogP contribution in [0.2, 0.25) is 0 Å². The van der Waals surface area contributed by atoms with E-state index in [4.69, 9.17) is 14.7 Å². The van der Waals surface area contributed by atoms with Crippen molar-refractivity contribution in [2.45, 2.75) is 19.8 Å². The summed E-state index contributed by atoms with van der Waals surface area (Å²) in [6.45, 7) is 5.84. The first-order chi connectivity index (χ1) is 20.6. The predicted octanol–water partition coefficient (Wildman–Crippen LogP) is 7.51. The second-order valence-corrected chi connectivity index (χ2v) is 10.8. The second kappa shape index (κ2) is 11.2. The summed E-state index contributed by atoms with van der Waals surface area (Å²) in [5.74, 6) is 1.55. The number of ether oxygens (including phenoxy) is 1. The summed E-state index contributed by atoms with van der Waals surface area (Å²) in [7, 11) is 0. The standard InChI is InChI=1S/C34H31FN6O/c1-22-17-31-28(20-32(22)42-16-15-41-13-5-6-14-41)34(37-26-10-12-30-25(18-26)21-36-40-30)39-33(38-31)24-9-11-27(29(35)19-24)23-7-3-2-4-8-23/h2-4,7-12,17-21H,5-6,13-16H2,1H3,(H,36,40)(H,37,38,39). The van der Waals surface area contributed by atoms with Gasteiger partial charge in [-0.15, -0.1) is 0 Å². The van der Waals surface area contributed by atoms with Crippen LogP contribution in [-0.2, 0) is 0 Å². The molecular weight excluding hydrogens is 527 g/mol. The number of nitrogens with zero attached hydrogens (tertiary/aromatic N) is 4. The molecule has 1 aliphatic rings. The van der Waals surface area contributed by atoms with E-state index in [2.05, 4.69) is 20.4 Å². The van der Waals surface area contributed by atoms with E-state index in [1.807, 2.05) is 73.7 Å². The molecule has 1 aliphatic heterocycles. The lowest BCUT2D eigenvalue weighted by atomic mass is 10.0. The minimum atomic E-state index is -0.319.